The third kappa shape index (κ3) is 3.90. The maximum absolute atomic E-state index is 12.4. The first kappa shape index (κ1) is 15.9. The Kier molecular flexibility index (Phi) is 4.01. The molecule has 5 nitrogen and oxygen atoms in total. The smallest absolute Gasteiger partial charge is 0.505 e. The Morgan fingerprint density at radius 1 is 1.25 bits per heavy atom. The summed E-state index contributed by atoms with van der Waals surface area (Å²) in [6.07, 6.45) is -11.7. The fraction of sp³-hybridized carbons (Fsp3) is 0.333. The quantitative estimate of drug-likeness (QED) is 0.838. The molecule has 0 aliphatic carbocycles. The number of ether oxygens (including phenoxy) is 1. The van der Waals surface area contributed by atoms with Crippen LogP contribution in [0.25, 0.3) is 0 Å². The number of carboxylic acid groups (broad SMARTS) is 1. The minimum atomic E-state index is -5.28. The number of hydrogen-bond acceptors (Lipinski definition) is 4. The molecule has 0 aliphatic rings. The zero-order valence-corrected chi connectivity index (χ0v) is 9.21. The highest BCUT2D eigenvalue weighted by atomic mass is 19.4. The molecule has 11 heteroatoms. The lowest BCUT2D eigenvalue weighted by Crippen LogP contribution is -2.20. The number of hydrogen-bond donors (Lipinski definition) is 2. The molecular formula is C9H5F6NO4. The molecular weight excluding hydrogens is 300 g/mol. The van der Waals surface area contributed by atoms with Crippen LogP contribution in [0.3, 0.4) is 0 Å². The van der Waals surface area contributed by atoms with E-state index < -0.39 is 47.7 Å². The monoisotopic (exact) mass is 305 g/mol. The first-order valence-electron chi connectivity index (χ1n) is 4.67. The second-order valence-corrected chi connectivity index (χ2v) is 3.41. The van der Waals surface area contributed by atoms with E-state index >= 15 is 0 Å². The lowest BCUT2D eigenvalue weighted by atomic mass is 10.1. The van der Waals surface area contributed by atoms with Crippen LogP contribution in [0.15, 0.2) is 6.20 Å². The molecule has 2 N–H and O–H groups in total. The topological polar surface area (TPSA) is 79.7 Å². The molecule has 0 aromatic carbocycles. The SMILES string of the molecule is O=C(O)Cc1c(OC(F)(F)F)cnc(C(F)(F)F)c1O. The number of rotatable bonds is 3. The average molecular weight is 305 g/mol. The van der Waals surface area contributed by atoms with Gasteiger partial charge in [0.2, 0.25) is 0 Å². The molecule has 0 unspecified atom stereocenters. The number of carbonyl (C=O) groups is 1. The van der Waals surface area contributed by atoms with E-state index in [-0.39, 0.29) is 6.20 Å². The molecule has 0 saturated carbocycles. The molecule has 1 aromatic rings. The van der Waals surface area contributed by atoms with Gasteiger partial charge in [0.15, 0.2) is 17.2 Å². The molecule has 0 spiro atoms. The molecule has 0 aliphatic heterocycles. The number of aromatic hydroxyl groups is 1. The van der Waals surface area contributed by atoms with Gasteiger partial charge in [0, 0.05) is 0 Å². The number of aromatic nitrogens is 1. The summed E-state index contributed by atoms with van der Waals surface area (Å²) in [6.45, 7) is 0. The number of nitrogens with zero attached hydrogens (tertiary/aromatic N) is 1. The lowest BCUT2D eigenvalue weighted by molar-refractivity contribution is -0.275. The van der Waals surface area contributed by atoms with Crippen molar-refractivity contribution in [1.29, 1.82) is 0 Å². The van der Waals surface area contributed by atoms with Gasteiger partial charge < -0.3 is 14.9 Å². The van der Waals surface area contributed by atoms with Crippen LogP contribution in [-0.2, 0) is 17.4 Å². The largest absolute Gasteiger partial charge is 0.573 e. The van der Waals surface area contributed by atoms with Crippen LogP contribution in [0.4, 0.5) is 26.3 Å². The van der Waals surface area contributed by atoms with Crippen molar-refractivity contribution in [2.75, 3.05) is 0 Å². The predicted octanol–water partition coefficient (Wildman–Crippen LogP) is 2.33. The van der Waals surface area contributed by atoms with E-state index in [9.17, 15) is 36.2 Å². The molecule has 1 heterocycles. The summed E-state index contributed by atoms with van der Waals surface area (Å²) < 4.78 is 76.6. The summed E-state index contributed by atoms with van der Waals surface area (Å²) in [5, 5.41) is 17.7. The Labute approximate surface area is 106 Å². The number of alkyl halides is 6. The van der Waals surface area contributed by atoms with Crippen LogP contribution in [0.5, 0.6) is 11.5 Å². The Balaban J connectivity index is 3.40. The molecule has 0 saturated heterocycles. The summed E-state index contributed by atoms with van der Waals surface area (Å²) in [4.78, 5) is 13.1. The van der Waals surface area contributed by atoms with Crippen LogP contribution < -0.4 is 4.74 Å². The van der Waals surface area contributed by atoms with Gasteiger partial charge in [0.05, 0.1) is 18.2 Å². The van der Waals surface area contributed by atoms with Gasteiger partial charge in [0.1, 0.15) is 0 Å². The first-order valence-corrected chi connectivity index (χ1v) is 4.67. The van der Waals surface area contributed by atoms with Crippen molar-refractivity contribution in [3.63, 3.8) is 0 Å². The maximum Gasteiger partial charge on any atom is 0.573 e. The molecule has 0 fully saturated rings. The zero-order valence-electron chi connectivity index (χ0n) is 9.21. The van der Waals surface area contributed by atoms with Crippen molar-refractivity contribution in [1.82, 2.24) is 4.98 Å². The van der Waals surface area contributed by atoms with Crippen LogP contribution >= 0.6 is 0 Å². The maximum atomic E-state index is 12.4. The van der Waals surface area contributed by atoms with Crippen LogP contribution in [-0.4, -0.2) is 27.5 Å². The van der Waals surface area contributed by atoms with E-state index in [1.807, 2.05) is 0 Å². The minimum absolute atomic E-state index is 0.0499. The van der Waals surface area contributed by atoms with Crippen molar-refractivity contribution in [2.24, 2.45) is 0 Å². The minimum Gasteiger partial charge on any atom is -0.505 e. The summed E-state index contributed by atoms with van der Waals surface area (Å²) in [7, 11) is 0. The van der Waals surface area contributed by atoms with Crippen molar-refractivity contribution in [3.05, 3.63) is 17.5 Å². The third-order valence-electron chi connectivity index (χ3n) is 1.94. The fourth-order valence-corrected chi connectivity index (χ4v) is 1.26. The average Bonchev–Trinajstić information content (AvgIpc) is 2.18. The van der Waals surface area contributed by atoms with E-state index in [2.05, 4.69) is 9.72 Å². The number of halogens is 6. The van der Waals surface area contributed by atoms with Gasteiger partial charge in [0.25, 0.3) is 0 Å². The van der Waals surface area contributed by atoms with Crippen LogP contribution in [0.2, 0.25) is 0 Å². The molecule has 1 rings (SSSR count). The fourth-order valence-electron chi connectivity index (χ4n) is 1.26. The summed E-state index contributed by atoms with van der Waals surface area (Å²) in [5.41, 5.74) is -3.07. The van der Waals surface area contributed by atoms with Gasteiger partial charge in [-0.3, -0.25) is 4.79 Å². The lowest BCUT2D eigenvalue weighted by Gasteiger charge is -2.16. The second-order valence-electron chi connectivity index (χ2n) is 3.41. The Hall–Kier alpha value is -2.20. The Bertz CT molecular complexity index is 524. The Morgan fingerprint density at radius 2 is 1.80 bits per heavy atom. The first-order chi connectivity index (χ1) is 8.92. The van der Waals surface area contributed by atoms with E-state index in [1.165, 1.54) is 0 Å². The molecule has 0 radical (unpaired) electrons. The third-order valence-corrected chi connectivity index (χ3v) is 1.94. The van der Waals surface area contributed by atoms with E-state index in [0.29, 0.717) is 0 Å². The predicted molar refractivity (Wildman–Crippen MR) is 48.9 cm³/mol. The van der Waals surface area contributed by atoms with Crippen molar-refractivity contribution >= 4 is 5.97 Å². The number of aliphatic carboxylic acids is 1. The summed E-state index contributed by atoms with van der Waals surface area (Å²) in [5.74, 6) is -4.79. The van der Waals surface area contributed by atoms with E-state index in [1.54, 1.807) is 0 Å². The highest BCUT2D eigenvalue weighted by molar-refractivity contribution is 5.73. The summed E-state index contributed by atoms with van der Waals surface area (Å²) >= 11 is 0. The standard InChI is InChI=1S/C9H5F6NO4/c10-8(11,12)7-6(19)3(1-5(17)18)4(2-16-7)20-9(13,14)15/h2,19H,1H2,(H,17,18). The molecule has 0 bridgehead atoms. The highest BCUT2D eigenvalue weighted by Gasteiger charge is 2.40. The Morgan fingerprint density at radius 3 is 2.20 bits per heavy atom. The second kappa shape index (κ2) is 5.06. The van der Waals surface area contributed by atoms with Crippen molar-refractivity contribution in [2.45, 2.75) is 19.0 Å². The van der Waals surface area contributed by atoms with Crippen molar-refractivity contribution in [3.8, 4) is 11.5 Å². The molecule has 0 amide bonds. The molecule has 1 aromatic heterocycles. The van der Waals surface area contributed by atoms with Gasteiger partial charge >= 0.3 is 18.5 Å². The van der Waals surface area contributed by atoms with Gasteiger partial charge in [-0.25, -0.2) is 4.98 Å². The number of carboxylic acids is 1. The normalized spacial score (nSPS) is 12.3. The van der Waals surface area contributed by atoms with Gasteiger partial charge in [-0.2, -0.15) is 13.2 Å². The number of pyridine rings is 1. The van der Waals surface area contributed by atoms with Crippen LogP contribution in [0, 0.1) is 0 Å². The van der Waals surface area contributed by atoms with Crippen LogP contribution in [0.1, 0.15) is 11.3 Å². The zero-order chi connectivity index (χ0) is 15.7. The van der Waals surface area contributed by atoms with Gasteiger partial charge in [-0.15, -0.1) is 13.2 Å². The molecule has 112 valence electrons. The highest BCUT2D eigenvalue weighted by Crippen LogP contribution is 2.40. The van der Waals surface area contributed by atoms with Gasteiger partial charge in [-0.1, -0.05) is 0 Å². The van der Waals surface area contributed by atoms with E-state index in [0.717, 1.165) is 0 Å². The molecule has 0 atom stereocenters. The van der Waals surface area contributed by atoms with E-state index in [4.69, 9.17) is 5.11 Å². The summed E-state index contributed by atoms with van der Waals surface area (Å²) in [6, 6.07) is 0. The van der Waals surface area contributed by atoms with Crippen molar-refractivity contribution < 1.29 is 46.1 Å². The molecule has 20 heavy (non-hydrogen) atoms. The van der Waals surface area contributed by atoms with Gasteiger partial charge in [-0.05, 0) is 0 Å².